The second kappa shape index (κ2) is 5.77. The summed E-state index contributed by atoms with van der Waals surface area (Å²) in [5.41, 5.74) is 0.308. The molecule has 0 radical (unpaired) electrons. The third kappa shape index (κ3) is 3.93. The Kier molecular flexibility index (Phi) is 4.64. The van der Waals surface area contributed by atoms with Crippen LogP contribution in [0.5, 0.6) is 0 Å². The van der Waals surface area contributed by atoms with Crippen molar-refractivity contribution in [1.29, 1.82) is 0 Å². The topological polar surface area (TPSA) is 75.1 Å². The monoisotopic (exact) mass is 229 g/mol. The van der Waals surface area contributed by atoms with E-state index in [9.17, 15) is 4.79 Å². The average Bonchev–Trinajstić information content (AvgIpc) is 2.68. The van der Waals surface area contributed by atoms with Crippen LogP contribution in [-0.4, -0.2) is 33.2 Å². The fourth-order valence-electron chi connectivity index (χ4n) is 1.27. The van der Waals surface area contributed by atoms with Crippen LogP contribution in [-0.2, 0) is 0 Å². The van der Waals surface area contributed by atoms with Gasteiger partial charge in [-0.25, -0.2) is 0 Å². The molecule has 0 aliphatic carbocycles. The maximum absolute atomic E-state index is 11.5. The highest BCUT2D eigenvalue weighted by atomic mass is 32.1. The van der Waals surface area contributed by atoms with Gasteiger partial charge < -0.3 is 10.4 Å². The van der Waals surface area contributed by atoms with Crippen LogP contribution < -0.4 is 5.32 Å². The third-order valence-electron chi connectivity index (χ3n) is 1.90. The van der Waals surface area contributed by atoms with Crippen molar-refractivity contribution in [2.75, 3.05) is 6.61 Å². The van der Waals surface area contributed by atoms with Crippen molar-refractivity contribution in [2.24, 2.45) is 5.92 Å². The lowest BCUT2D eigenvalue weighted by Gasteiger charge is -2.17. The van der Waals surface area contributed by atoms with Gasteiger partial charge in [-0.2, -0.15) is 0 Å². The van der Waals surface area contributed by atoms with Gasteiger partial charge in [-0.05, 0) is 23.9 Å². The van der Waals surface area contributed by atoms with Crippen molar-refractivity contribution in [3.8, 4) is 0 Å². The van der Waals surface area contributed by atoms with E-state index in [-0.39, 0.29) is 18.6 Å². The number of hydrogen-bond donors (Lipinski definition) is 2. The Bertz CT molecular complexity index is 300. The van der Waals surface area contributed by atoms with E-state index in [0.717, 1.165) is 18.0 Å². The lowest BCUT2D eigenvalue weighted by Crippen LogP contribution is -2.38. The molecule has 0 bridgehead atoms. The highest BCUT2D eigenvalue weighted by Crippen LogP contribution is 2.05. The van der Waals surface area contributed by atoms with Gasteiger partial charge in [-0.3, -0.25) is 4.79 Å². The van der Waals surface area contributed by atoms with E-state index in [1.54, 1.807) is 5.38 Å². The smallest absolute Gasteiger partial charge is 0.273 e. The maximum Gasteiger partial charge on any atom is 0.273 e. The van der Waals surface area contributed by atoms with Gasteiger partial charge in [0.25, 0.3) is 5.91 Å². The zero-order chi connectivity index (χ0) is 11.3. The van der Waals surface area contributed by atoms with E-state index in [1.165, 1.54) is 0 Å². The molecule has 5 nitrogen and oxygen atoms in total. The number of carbonyl (C=O) groups excluding carboxylic acids is 1. The van der Waals surface area contributed by atoms with Crippen molar-refractivity contribution >= 4 is 17.4 Å². The molecule has 0 aliphatic rings. The highest BCUT2D eigenvalue weighted by molar-refractivity contribution is 7.03. The lowest BCUT2D eigenvalue weighted by molar-refractivity contribution is 0.0903. The zero-order valence-corrected chi connectivity index (χ0v) is 9.62. The van der Waals surface area contributed by atoms with Crippen LogP contribution >= 0.6 is 11.5 Å². The zero-order valence-electron chi connectivity index (χ0n) is 8.80. The average molecular weight is 229 g/mol. The highest BCUT2D eigenvalue weighted by Gasteiger charge is 2.15. The van der Waals surface area contributed by atoms with E-state index in [4.69, 9.17) is 5.11 Å². The number of aromatic nitrogens is 2. The van der Waals surface area contributed by atoms with E-state index >= 15 is 0 Å². The molecule has 2 N–H and O–H groups in total. The molecular weight excluding hydrogens is 214 g/mol. The molecule has 0 spiro atoms. The summed E-state index contributed by atoms with van der Waals surface area (Å²) in [4.78, 5) is 11.5. The minimum atomic E-state index is -0.275. The van der Waals surface area contributed by atoms with Crippen LogP contribution in [0.2, 0.25) is 0 Å². The van der Waals surface area contributed by atoms with Gasteiger partial charge in [0, 0.05) is 5.38 Å². The molecule has 0 fully saturated rings. The Morgan fingerprint density at radius 1 is 1.67 bits per heavy atom. The van der Waals surface area contributed by atoms with Gasteiger partial charge in [-0.1, -0.05) is 18.3 Å². The van der Waals surface area contributed by atoms with Gasteiger partial charge in [0.15, 0.2) is 5.69 Å². The van der Waals surface area contributed by atoms with Gasteiger partial charge in [0.1, 0.15) is 0 Å². The third-order valence-corrected chi connectivity index (χ3v) is 2.41. The quantitative estimate of drug-likeness (QED) is 0.778. The Morgan fingerprint density at radius 3 is 2.87 bits per heavy atom. The summed E-state index contributed by atoms with van der Waals surface area (Å²) < 4.78 is 3.61. The largest absolute Gasteiger partial charge is 0.394 e. The summed E-state index contributed by atoms with van der Waals surface area (Å²) in [6.45, 7) is 4.03. The number of hydrogen-bond acceptors (Lipinski definition) is 5. The molecule has 6 heteroatoms. The Hall–Kier alpha value is -1.01. The molecule has 0 saturated carbocycles. The predicted molar refractivity (Wildman–Crippen MR) is 57.7 cm³/mol. The van der Waals surface area contributed by atoms with E-state index in [1.807, 2.05) is 13.8 Å². The first kappa shape index (κ1) is 12.1. The van der Waals surface area contributed by atoms with E-state index in [2.05, 4.69) is 14.9 Å². The summed E-state index contributed by atoms with van der Waals surface area (Å²) in [7, 11) is 0. The lowest BCUT2D eigenvalue weighted by atomic mass is 10.0. The SMILES string of the molecule is CC(C)CC(CO)NC(=O)c1csnn1. The summed E-state index contributed by atoms with van der Waals surface area (Å²) >= 11 is 1.13. The molecule has 1 aromatic rings. The molecule has 1 aromatic heterocycles. The molecule has 1 atom stereocenters. The molecule has 1 unspecified atom stereocenters. The Labute approximate surface area is 92.7 Å². The number of aliphatic hydroxyl groups excluding tert-OH is 1. The summed E-state index contributed by atoms with van der Waals surface area (Å²) in [5.74, 6) is 0.152. The number of carbonyl (C=O) groups is 1. The number of nitrogens with one attached hydrogen (secondary N) is 1. The minimum Gasteiger partial charge on any atom is -0.394 e. The number of rotatable bonds is 5. The normalized spacial score (nSPS) is 12.8. The fraction of sp³-hybridized carbons (Fsp3) is 0.667. The summed E-state index contributed by atoms with van der Waals surface area (Å²) in [5, 5.41) is 17.0. The molecule has 15 heavy (non-hydrogen) atoms. The maximum atomic E-state index is 11.5. The Morgan fingerprint density at radius 2 is 2.40 bits per heavy atom. The van der Waals surface area contributed by atoms with Gasteiger partial charge in [0.2, 0.25) is 0 Å². The minimum absolute atomic E-state index is 0.0541. The molecule has 1 amide bonds. The second-order valence-corrected chi connectivity index (χ2v) is 4.38. The molecule has 0 saturated heterocycles. The van der Waals surface area contributed by atoms with Crippen molar-refractivity contribution in [3.63, 3.8) is 0 Å². The van der Waals surface area contributed by atoms with E-state index in [0.29, 0.717) is 11.6 Å². The second-order valence-electron chi connectivity index (χ2n) is 3.77. The molecule has 0 aromatic carbocycles. The van der Waals surface area contributed by atoms with Crippen LogP contribution in [0.1, 0.15) is 30.8 Å². The Balaban J connectivity index is 2.48. The summed E-state index contributed by atoms with van der Waals surface area (Å²) in [6, 6.07) is -0.209. The number of amides is 1. The van der Waals surface area contributed by atoms with Crippen molar-refractivity contribution in [3.05, 3.63) is 11.1 Å². The van der Waals surface area contributed by atoms with Crippen LogP contribution in [0.15, 0.2) is 5.38 Å². The number of aliphatic hydroxyl groups is 1. The molecular formula is C9H15N3O2S. The van der Waals surface area contributed by atoms with Crippen molar-refractivity contribution < 1.29 is 9.90 Å². The molecule has 1 heterocycles. The molecule has 84 valence electrons. The molecule has 0 aliphatic heterocycles. The van der Waals surface area contributed by atoms with Gasteiger partial charge >= 0.3 is 0 Å². The predicted octanol–water partition coefficient (Wildman–Crippen LogP) is 0.675. The fourth-order valence-corrected chi connectivity index (χ4v) is 1.71. The van der Waals surface area contributed by atoms with Gasteiger partial charge in [-0.15, -0.1) is 5.10 Å². The summed E-state index contributed by atoms with van der Waals surface area (Å²) in [6.07, 6.45) is 0.750. The van der Waals surface area contributed by atoms with E-state index < -0.39 is 0 Å². The van der Waals surface area contributed by atoms with Crippen molar-refractivity contribution in [2.45, 2.75) is 26.3 Å². The standard InChI is InChI=1S/C9H15N3O2S/c1-6(2)3-7(4-13)10-9(14)8-5-15-12-11-8/h5-7,13H,3-4H2,1-2H3,(H,10,14). The molecule has 1 rings (SSSR count). The first-order valence-electron chi connectivity index (χ1n) is 4.82. The van der Waals surface area contributed by atoms with Gasteiger partial charge in [0.05, 0.1) is 12.6 Å². The van der Waals surface area contributed by atoms with Crippen molar-refractivity contribution in [1.82, 2.24) is 14.9 Å². The van der Waals surface area contributed by atoms with Crippen LogP contribution in [0, 0.1) is 5.92 Å². The number of nitrogens with zero attached hydrogens (tertiary/aromatic N) is 2. The van der Waals surface area contributed by atoms with Crippen LogP contribution in [0.4, 0.5) is 0 Å². The first-order chi connectivity index (χ1) is 7.13. The first-order valence-corrected chi connectivity index (χ1v) is 5.66. The van der Waals surface area contributed by atoms with Crippen LogP contribution in [0.25, 0.3) is 0 Å². The van der Waals surface area contributed by atoms with Crippen LogP contribution in [0.3, 0.4) is 0 Å².